The van der Waals surface area contributed by atoms with Crippen LogP contribution in [0.15, 0.2) is 36.4 Å². The van der Waals surface area contributed by atoms with Crippen LogP contribution in [0.3, 0.4) is 0 Å². The van der Waals surface area contributed by atoms with Crippen LogP contribution in [0.5, 0.6) is 0 Å². The molecule has 0 amide bonds. The summed E-state index contributed by atoms with van der Waals surface area (Å²) < 4.78 is 0. The Morgan fingerprint density at radius 1 is 0.571 bits per heavy atom. The van der Waals surface area contributed by atoms with Gasteiger partial charge in [0.25, 0.3) is 0 Å². The van der Waals surface area contributed by atoms with E-state index in [0.717, 1.165) is 25.7 Å². The molecule has 0 saturated heterocycles. The first-order chi connectivity index (χ1) is 13.4. The second kappa shape index (κ2) is 11.6. The topological polar surface area (TPSA) is 0 Å². The molecule has 0 N–H and O–H groups in total. The highest BCUT2D eigenvalue weighted by molar-refractivity contribution is 7.80. The smallest absolute Gasteiger partial charge is 0.00434 e. The van der Waals surface area contributed by atoms with Gasteiger partial charge in [0.1, 0.15) is 0 Å². The van der Waals surface area contributed by atoms with E-state index in [4.69, 9.17) is 24.4 Å². The third kappa shape index (κ3) is 7.22. The van der Waals surface area contributed by atoms with Crippen molar-refractivity contribution in [2.75, 3.05) is 0 Å². The van der Waals surface area contributed by atoms with Crippen molar-refractivity contribution < 1.29 is 0 Å². The maximum absolute atomic E-state index is 5.65. The van der Waals surface area contributed by atoms with Crippen LogP contribution in [0, 0.1) is 27.7 Å². The zero-order valence-electron chi connectivity index (χ0n) is 17.9. The van der Waals surface area contributed by atoms with Crippen LogP contribution < -0.4 is 0 Å². The molecule has 0 atom stereocenters. The summed E-state index contributed by atoms with van der Waals surface area (Å²) in [6.07, 6.45) is 8.94. The molecular formula is C26H34S2. The Hall–Kier alpha value is -1.38. The first-order valence-corrected chi connectivity index (χ1v) is 11.3. The molecule has 2 heteroatoms. The molecular weight excluding hydrogens is 376 g/mol. The number of hydrogen-bond acceptors (Lipinski definition) is 2. The van der Waals surface area contributed by atoms with Crippen molar-refractivity contribution in [1.29, 1.82) is 0 Å². The molecule has 0 aromatic heterocycles. The highest BCUT2D eigenvalue weighted by Gasteiger charge is 2.07. The summed E-state index contributed by atoms with van der Waals surface area (Å²) in [4.78, 5) is 2.39. The molecule has 0 aliphatic rings. The largest absolute Gasteiger partial charge is 0.0893 e. The van der Waals surface area contributed by atoms with E-state index in [1.54, 1.807) is 0 Å². The lowest BCUT2D eigenvalue weighted by molar-refractivity contribution is 0.666. The molecule has 2 aromatic carbocycles. The van der Waals surface area contributed by atoms with E-state index in [9.17, 15) is 0 Å². The molecule has 0 heterocycles. The van der Waals surface area contributed by atoms with Crippen molar-refractivity contribution in [1.82, 2.24) is 0 Å². The Labute approximate surface area is 182 Å². The van der Waals surface area contributed by atoms with Crippen LogP contribution in [0.4, 0.5) is 0 Å². The minimum Gasteiger partial charge on any atom is -0.0893 e. The van der Waals surface area contributed by atoms with Crippen LogP contribution in [-0.4, -0.2) is 9.73 Å². The molecule has 0 unspecified atom stereocenters. The molecule has 0 radical (unpaired) electrons. The van der Waals surface area contributed by atoms with Crippen LogP contribution in [0.25, 0.3) is 0 Å². The van der Waals surface area contributed by atoms with Gasteiger partial charge < -0.3 is 0 Å². The van der Waals surface area contributed by atoms with Gasteiger partial charge in [-0.15, -0.1) is 0 Å². The molecule has 0 fully saturated rings. The van der Waals surface area contributed by atoms with E-state index < -0.39 is 0 Å². The number of thiocarbonyl (C=S) groups is 2. The van der Waals surface area contributed by atoms with Gasteiger partial charge in [0.05, 0.1) is 0 Å². The van der Waals surface area contributed by atoms with Gasteiger partial charge in [0.2, 0.25) is 0 Å². The fraction of sp³-hybridized carbons (Fsp3) is 0.462. The van der Waals surface area contributed by atoms with Crippen molar-refractivity contribution >= 4 is 34.2 Å². The van der Waals surface area contributed by atoms with Crippen molar-refractivity contribution in [3.8, 4) is 0 Å². The lowest BCUT2D eigenvalue weighted by atomic mass is 9.96. The number of rotatable bonds is 11. The number of aryl methyl sites for hydroxylation is 4. The van der Waals surface area contributed by atoms with E-state index >= 15 is 0 Å². The quantitative estimate of drug-likeness (QED) is 0.274. The third-order valence-electron chi connectivity index (χ3n) is 5.70. The van der Waals surface area contributed by atoms with Gasteiger partial charge in [-0.2, -0.15) is 0 Å². The average Bonchev–Trinajstić information content (AvgIpc) is 2.64. The van der Waals surface area contributed by atoms with Crippen molar-refractivity contribution in [3.63, 3.8) is 0 Å². The molecule has 150 valence electrons. The van der Waals surface area contributed by atoms with Gasteiger partial charge >= 0.3 is 0 Å². The SMILES string of the molecule is Cc1cccc(C)c1CC(=S)CCCCCCC(=S)Cc1c(C)cccc1C. The molecule has 2 aromatic rings. The Balaban J connectivity index is 1.63. The molecule has 0 saturated carbocycles. The maximum atomic E-state index is 5.65. The lowest BCUT2D eigenvalue weighted by Gasteiger charge is -2.11. The van der Waals surface area contributed by atoms with Crippen LogP contribution in [0.1, 0.15) is 71.9 Å². The zero-order chi connectivity index (χ0) is 20.5. The Kier molecular flexibility index (Phi) is 9.47. The summed E-state index contributed by atoms with van der Waals surface area (Å²) in [5.74, 6) is 0. The standard InChI is InChI=1S/C26H34S2/c1-19-11-9-12-20(2)25(19)17-23(27)15-7-5-6-8-16-24(28)18-26-21(3)13-10-14-22(26)4/h9-14H,5-8,15-18H2,1-4H3. The van der Waals surface area contributed by atoms with Crippen LogP contribution >= 0.6 is 24.4 Å². The Morgan fingerprint density at radius 3 is 1.21 bits per heavy atom. The van der Waals surface area contributed by atoms with E-state index in [1.165, 1.54) is 68.8 Å². The summed E-state index contributed by atoms with van der Waals surface area (Å²) >= 11 is 11.3. The molecule has 0 aliphatic carbocycles. The van der Waals surface area contributed by atoms with E-state index in [2.05, 4.69) is 64.1 Å². The normalized spacial score (nSPS) is 10.9. The van der Waals surface area contributed by atoms with Gasteiger partial charge in [-0.25, -0.2) is 0 Å². The number of hydrogen-bond donors (Lipinski definition) is 0. The molecule has 0 aliphatic heterocycles. The van der Waals surface area contributed by atoms with Gasteiger partial charge in [-0.1, -0.05) is 73.7 Å². The van der Waals surface area contributed by atoms with Crippen LogP contribution in [0.2, 0.25) is 0 Å². The Morgan fingerprint density at radius 2 is 0.893 bits per heavy atom. The summed E-state index contributed by atoms with van der Waals surface area (Å²) in [5, 5.41) is 0. The second-order valence-corrected chi connectivity index (χ2v) is 9.24. The summed E-state index contributed by atoms with van der Waals surface area (Å²) in [5.41, 5.74) is 8.28. The van der Waals surface area contributed by atoms with Gasteiger partial charge in [0, 0.05) is 12.8 Å². The third-order valence-corrected chi connectivity index (χ3v) is 6.39. The second-order valence-electron chi connectivity index (χ2n) is 8.09. The van der Waals surface area contributed by atoms with E-state index in [1.807, 2.05) is 0 Å². The molecule has 2 rings (SSSR count). The van der Waals surface area contributed by atoms with Gasteiger partial charge in [-0.05, 0) is 96.5 Å². The molecule has 0 bridgehead atoms. The fourth-order valence-corrected chi connectivity index (χ4v) is 4.40. The monoisotopic (exact) mass is 410 g/mol. The fourth-order valence-electron chi connectivity index (χ4n) is 3.82. The highest BCUT2D eigenvalue weighted by atomic mass is 32.1. The average molecular weight is 411 g/mol. The lowest BCUT2D eigenvalue weighted by Crippen LogP contribution is -2.04. The zero-order valence-corrected chi connectivity index (χ0v) is 19.6. The predicted octanol–water partition coefficient (Wildman–Crippen LogP) is 7.79. The number of benzene rings is 2. The highest BCUT2D eigenvalue weighted by Crippen LogP contribution is 2.18. The molecule has 0 spiro atoms. The van der Waals surface area contributed by atoms with Gasteiger partial charge in [0.15, 0.2) is 0 Å². The summed E-state index contributed by atoms with van der Waals surface area (Å²) in [6.45, 7) is 8.75. The van der Waals surface area contributed by atoms with Crippen molar-refractivity contribution in [3.05, 3.63) is 69.8 Å². The summed E-state index contributed by atoms with van der Waals surface area (Å²) in [6, 6.07) is 13.0. The number of unbranched alkanes of at least 4 members (excludes halogenated alkanes) is 3. The Bertz CT molecular complexity index is 707. The first-order valence-electron chi connectivity index (χ1n) is 10.5. The predicted molar refractivity (Wildman–Crippen MR) is 132 cm³/mol. The first kappa shape index (κ1) is 22.9. The van der Waals surface area contributed by atoms with E-state index in [0.29, 0.717) is 0 Å². The van der Waals surface area contributed by atoms with E-state index in [-0.39, 0.29) is 0 Å². The van der Waals surface area contributed by atoms with Crippen molar-refractivity contribution in [2.24, 2.45) is 0 Å². The minimum absolute atomic E-state index is 0.952. The van der Waals surface area contributed by atoms with Gasteiger partial charge in [-0.3, -0.25) is 0 Å². The molecule has 0 nitrogen and oxygen atoms in total. The van der Waals surface area contributed by atoms with Crippen LogP contribution in [-0.2, 0) is 12.8 Å². The summed E-state index contributed by atoms with van der Waals surface area (Å²) in [7, 11) is 0. The van der Waals surface area contributed by atoms with Crippen molar-refractivity contribution in [2.45, 2.75) is 79.1 Å². The maximum Gasteiger partial charge on any atom is 0.00434 e. The molecule has 28 heavy (non-hydrogen) atoms. The minimum atomic E-state index is 0.952.